The fraction of sp³-hybridized carbons (Fsp3) is 0.0556. The van der Waals surface area contributed by atoms with Crippen molar-refractivity contribution in [2.45, 2.75) is 0 Å². The molecule has 1 radical (unpaired) electrons. The summed E-state index contributed by atoms with van der Waals surface area (Å²) < 4.78 is 1.42. The van der Waals surface area contributed by atoms with Crippen LogP contribution in [0.1, 0.15) is 15.9 Å². The molecule has 5 nitrogen and oxygen atoms in total. The van der Waals surface area contributed by atoms with Crippen LogP contribution < -0.4 is 10.9 Å². The number of aryl methyl sites for hydroxylation is 1. The zero-order valence-electron chi connectivity index (χ0n) is 12.5. The maximum atomic E-state index is 12.2. The summed E-state index contributed by atoms with van der Waals surface area (Å²) in [6.07, 6.45) is 0. The number of carbonyl (C=O) groups is 1. The topological polar surface area (TPSA) is 71.3 Å². The molecule has 0 spiro atoms. The van der Waals surface area contributed by atoms with Crippen LogP contribution in [0.4, 0.5) is 5.69 Å². The lowest BCUT2D eigenvalue weighted by Gasteiger charge is -2.11. The fourth-order valence-corrected chi connectivity index (χ4v) is 2.46. The van der Waals surface area contributed by atoms with Crippen molar-refractivity contribution < 1.29 is 9.90 Å². The monoisotopic (exact) mass is 307 g/mol. The molecule has 0 bridgehead atoms. The van der Waals surface area contributed by atoms with E-state index in [-0.39, 0.29) is 22.8 Å². The largest absolute Gasteiger partial charge is 0.507 e. The van der Waals surface area contributed by atoms with E-state index in [4.69, 9.17) is 0 Å². The van der Waals surface area contributed by atoms with Crippen LogP contribution in [-0.4, -0.2) is 15.6 Å². The lowest BCUT2D eigenvalue weighted by molar-refractivity contribution is 0.102. The number of aromatic hydroxyl groups is 1. The Bertz CT molecular complexity index is 959. The van der Waals surface area contributed by atoms with E-state index < -0.39 is 0 Å². The summed E-state index contributed by atoms with van der Waals surface area (Å²) in [6, 6.07) is 13.8. The van der Waals surface area contributed by atoms with Crippen LogP contribution >= 0.6 is 0 Å². The van der Waals surface area contributed by atoms with E-state index in [9.17, 15) is 14.7 Å². The first kappa shape index (κ1) is 14.8. The molecule has 0 aliphatic rings. The zero-order valence-corrected chi connectivity index (χ0v) is 12.5. The number of anilines is 1. The van der Waals surface area contributed by atoms with Crippen LogP contribution in [0.3, 0.4) is 0 Å². The Hall–Kier alpha value is -3.08. The van der Waals surface area contributed by atoms with Crippen LogP contribution in [0.25, 0.3) is 10.9 Å². The van der Waals surface area contributed by atoms with Crippen LogP contribution in [0.15, 0.2) is 53.3 Å². The van der Waals surface area contributed by atoms with E-state index in [1.165, 1.54) is 4.57 Å². The highest BCUT2D eigenvalue weighted by Crippen LogP contribution is 2.28. The molecule has 23 heavy (non-hydrogen) atoms. The standard InChI is InChI=1S/C18H15N2O3/c1-11-16(21)14-10-13(8-9-15(14)20(2)18(11)23)19-17(22)12-6-4-3-5-7-12/h3-10,21H,1H2,2H3,(H,19,22). The summed E-state index contributed by atoms with van der Waals surface area (Å²) >= 11 is 0. The first-order chi connectivity index (χ1) is 11.0. The van der Waals surface area contributed by atoms with Crippen molar-refractivity contribution in [2.24, 2.45) is 7.05 Å². The van der Waals surface area contributed by atoms with Gasteiger partial charge in [-0.15, -0.1) is 0 Å². The molecule has 0 fully saturated rings. The second-order valence-corrected chi connectivity index (χ2v) is 5.24. The van der Waals surface area contributed by atoms with Gasteiger partial charge in [0, 0.05) is 23.7 Å². The second-order valence-electron chi connectivity index (χ2n) is 5.24. The van der Waals surface area contributed by atoms with E-state index in [2.05, 4.69) is 12.2 Å². The Labute approximate surface area is 132 Å². The van der Waals surface area contributed by atoms with Gasteiger partial charge in [-0.25, -0.2) is 0 Å². The highest BCUT2D eigenvalue weighted by molar-refractivity contribution is 6.05. The minimum Gasteiger partial charge on any atom is -0.507 e. The van der Waals surface area contributed by atoms with Gasteiger partial charge in [0.2, 0.25) is 0 Å². The number of nitrogens with zero attached hydrogens (tertiary/aromatic N) is 1. The van der Waals surface area contributed by atoms with Crippen molar-refractivity contribution in [3.8, 4) is 5.75 Å². The van der Waals surface area contributed by atoms with Gasteiger partial charge in [-0.1, -0.05) is 18.2 Å². The van der Waals surface area contributed by atoms with Gasteiger partial charge in [-0.2, -0.15) is 0 Å². The van der Waals surface area contributed by atoms with Crippen LogP contribution in [0, 0.1) is 6.92 Å². The van der Waals surface area contributed by atoms with Gasteiger partial charge in [-0.3, -0.25) is 9.59 Å². The van der Waals surface area contributed by atoms with Crippen molar-refractivity contribution >= 4 is 22.5 Å². The Kier molecular flexibility index (Phi) is 3.62. The number of rotatable bonds is 2. The summed E-state index contributed by atoms with van der Waals surface area (Å²) in [6.45, 7) is 3.60. The lowest BCUT2D eigenvalue weighted by atomic mass is 10.1. The summed E-state index contributed by atoms with van der Waals surface area (Å²) in [5, 5.41) is 13.4. The molecule has 0 aliphatic carbocycles. The predicted molar refractivity (Wildman–Crippen MR) is 89.7 cm³/mol. The summed E-state index contributed by atoms with van der Waals surface area (Å²) in [5.74, 6) is -0.414. The quantitative estimate of drug-likeness (QED) is 0.764. The van der Waals surface area contributed by atoms with Crippen molar-refractivity contribution in [1.82, 2.24) is 4.57 Å². The molecule has 0 saturated heterocycles. The fourth-order valence-electron chi connectivity index (χ4n) is 2.46. The highest BCUT2D eigenvalue weighted by atomic mass is 16.3. The van der Waals surface area contributed by atoms with E-state index in [1.54, 1.807) is 49.5 Å². The number of aromatic nitrogens is 1. The van der Waals surface area contributed by atoms with E-state index in [0.29, 0.717) is 22.2 Å². The SMILES string of the molecule is [CH2]c1c(O)c2cc(NC(=O)c3ccccc3)ccc2n(C)c1=O. The zero-order chi connectivity index (χ0) is 16.6. The molecule has 1 heterocycles. The van der Waals surface area contributed by atoms with Gasteiger partial charge in [-0.05, 0) is 37.3 Å². The van der Waals surface area contributed by atoms with Crippen molar-refractivity contribution in [3.63, 3.8) is 0 Å². The van der Waals surface area contributed by atoms with Crippen molar-refractivity contribution in [2.75, 3.05) is 5.32 Å². The molecule has 3 aromatic rings. The molecule has 1 aromatic heterocycles. The van der Waals surface area contributed by atoms with E-state index in [1.807, 2.05) is 6.07 Å². The average molecular weight is 307 g/mol. The van der Waals surface area contributed by atoms with Crippen molar-refractivity contribution in [1.29, 1.82) is 0 Å². The highest BCUT2D eigenvalue weighted by Gasteiger charge is 2.12. The molecule has 1 amide bonds. The summed E-state index contributed by atoms with van der Waals surface area (Å²) in [4.78, 5) is 24.1. The molecule has 0 atom stereocenters. The second kappa shape index (κ2) is 5.61. The Balaban J connectivity index is 2.04. The molecule has 0 saturated carbocycles. The lowest BCUT2D eigenvalue weighted by Crippen LogP contribution is -2.19. The van der Waals surface area contributed by atoms with Gasteiger partial charge in [0.25, 0.3) is 11.5 Å². The van der Waals surface area contributed by atoms with Gasteiger partial charge < -0.3 is 15.0 Å². The Morgan fingerprint density at radius 3 is 2.57 bits per heavy atom. The number of fused-ring (bicyclic) bond motifs is 1. The van der Waals surface area contributed by atoms with Crippen LogP contribution in [0.5, 0.6) is 5.75 Å². The normalized spacial score (nSPS) is 10.7. The number of hydrogen-bond acceptors (Lipinski definition) is 3. The predicted octanol–water partition coefficient (Wildman–Crippen LogP) is 2.68. The van der Waals surface area contributed by atoms with Crippen molar-refractivity contribution in [3.05, 3.63) is 76.9 Å². The molecular weight excluding hydrogens is 292 g/mol. The average Bonchev–Trinajstić information content (AvgIpc) is 2.58. The van der Waals surface area contributed by atoms with E-state index >= 15 is 0 Å². The van der Waals surface area contributed by atoms with Gasteiger partial charge in [0.05, 0.1) is 11.1 Å². The van der Waals surface area contributed by atoms with Crippen LogP contribution in [0.2, 0.25) is 0 Å². The smallest absolute Gasteiger partial charge is 0.257 e. The van der Waals surface area contributed by atoms with Crippen LogP contribution in [-0.2, 0) is 7.05 Å². The molecule has 2 aromatic carbocycles. The van der Waals surface area contributed by atoms with E-state index in [0.717, 1.165) is 0 Å². The summed E-state index contributed by atoms with van der Waals surface area (Å²) in [5.41, 5.74) is 1.31. The first-order valence-electron chi connectivity index (χ1n) is 7.03. The number of carbonyl (C=O) groups excluding carboxylic acids is 1. The molecule has 3 rings (SSSR count). The molecule has 115 valence electrons. The third kappa shape index (κ3) is 2.57. The van der Waals surface area contributed by atoms with Gasteiger partial charge in [0.15, 0.2) is 0 Å². The number of amides is 1. The molecule has 0 unspecified atom stereocenters. The Morgan fingerprint density at radius 1 is 1.17 bits per heavy atom. The molecule has 2 N–H and O–H groups in total. The maximum absolute atomic E-state index is 12.2. The minimum atomic E-state index is -0.351. The molecule has 5 heteroatoms. The third-order valence-corrected chi connectivity index (χ3v) is 3.76. The maximum Gasteiger partial charge on any atom is 0.257 e. The first-order valence-corrected chi connectivity index (χ1v) is 7.03. The van der Waals surface area contributed by atoms with Gasteiger partial charge >= 0.3 is 0 Å². The minimum absolute atomic E-state index is 0.0338. The Morgan fingerprint density at radius 2 is 1.87 bits per heavy atom. The third-order valence-electron chi connectivity index (χ3n) is 3.76. The number of hydrogen-bond donors (Lipinski definition) is 2. The number of pyridine rings is 1. The number of benzene rings is 2. The molecular formula is C18H15N2O3. The molecule has 0 aliphatic heterocycles. The van der Waals surface area contributed by atoms with Gasteiger partial charge in [0.1, 0.15) is 5.75 Å². The summed E-state index contributed by atoms with van der Waals surface area (Å²) in [7, 11) is 1.61. The number of nitrogens with one attached hydrogen (secondary N) is 1.